The van der Waals surface area contributed by atoms with Gasteiger partial charge in [0.2, 0.25) is 5.91 Å². The number of thioether (sulfide) groups is 1. The predicted molar refractivity (Wildman–Crippen MR) is 145 cm³/mol. The second kappa shape index (κ2) is 10.9. The number of carbonyl (C=O) groups excluding carboxylic acids is 3. The summed E-state index contributed by atoms with van der Waals surface area (Å²) in [5.41, 5.74) is 1.59. The van der Waals surface area contributed by atoms with Crippen LogP contribution in [0.4, 0.5) is 4.79 Å². The van der Waals surface area contributed by atoms with Crippen LogP contribution in [0.1, 0.15) is 24.0 Å². The summed E-state index contributed by atoms with van der Waals surface area (Å²) in [7, 11) is 1.51. The summed E-state index contributed by atoms with van der Waals surface area (Å²) in [6.07, 6.45) is 3.46. The van der Waals surface area contributed by atoms with E-state index in [2.05, 4.69) is 0 Å². The van der Waals surface area contributed by atoms with Gasteiger partial charge in [-0.1, -0.05) is 54.1 Å². The Bertz CT molecular complexity index is 1410. The van der Waals surface area contributed by atoms with Crippen molar-refractivity contribution in [3.05, 3.63) is 75.7 Å². The number of rotatable bonds is 7. The summed E-state index contributed by atoms with van der Waals surface area (Å²) in [6.45, 7) is 1.38. The quantitative estimate of drug-likeness (QED) is 0.358. The second-order valence-electron chi connectivity index (χ2n) is 8.82. The van der Waals surface area contributed by atoms with Crippen LogP contribution < -0.4 is 9.47 Å². The maximum absolute atomic E-state index is 12.9. The fourth-order valence-electron chi connectivity index (χ4n) is 4.52. The van der Waals surface area contributed by atoms with E-state index in [0.717, 1.165) is 45.8 Å². The van der Waals surface area contributed by atoms with E-state index in [-0.39, 0.29) is 17.4 Å². The van der Waals surface area contributed by atoms with Gasteiger partial charge in [0, 0.05) is 13.1 Å². The highest BCUT2D eigenvalue weighted by Crippen LogP contribution is 2.39. The van der Waals surface area contributed by atoms with Crippen LogP contribution >= 0.6 is 23.4 Å². The Labute approximate surface area is 224 Å². The molecule has 2 fully saturated rings. The molecule has 0 radical (unpaired) electrons. The van der Waals surface area contributed by atoms with Crippen molar-refractivity contribution in [3.8, 4) is 11.5 Å². The van der Waals surface area contributed by atoms with Crippen LogP contribution in [0.25, 0.3) is 16.8 Å². The van der Waals surface area contributed by atoms with E-state index in [1.807, 2.05) is 42.5 Å². The molecule has 3 aromatic rings. The maximum atomic E-state index is 12.9. The van der Waals surface area contributed by atoms with Crippen molar-refractivity contribution in [2.24, 2.45) is 0 Å². The number of methoxy groups -OCH3 is 1. The molecule has 0 unspecified atom stereocenters. The average Bonchev–Trinajstić information content (AvgIpc) is 3.53. The summed E-state index contributed by atoms with van der Waals surface area (Å²) in [5, 5.41) is 2.06. The third-order valence-electron chi connectivity index (χ3n) is 6.43. The zero-order chi connectivity index (χ0) is 25.9. The van der Waals surface area contributed by atoms with Crippen LogP contribution in [0.5, 0.6) is 11.5 Å². The molecule has 5 rings (SSSR count). The largest absolute Gasteiger partial charge is 0.493 e. The van der Waals surface area contributed by atoms with E-state index in [4.69, 9.17) is 21.1 Å². The molecule has 3 amide bonds. The molecule has 3 aromatic carbocycles. The summed E-state index contributed by atoms with van der Waals surface area (Å²) in [6, 6.07) is 17.5. The molecule has 7 nitrogen and oxygen atoms in total. The molecule has 0 aromatic heterocycles. The molecule has 190 valence electrons. The van der Waals surface area contributed by atoms with E-state index < -0.39 is 11.1 Å². The van der Waals surface area contributed by atoms with Crippen LogP contribution in [0.2, 0.25) is 5.02 Å². The summed E-state index contributed by atoms with van der Waals surface area (Å²) in [5.74, 6) is 0.0911. The third kappa shape index (κ3) is 5.31. The molecule has 2 aliphatic heterocycles. The highest BCUT2D eigenvalue weighted by molar-refractivity contribution is 8.18. The van der Waals surface area contributed by atoms with Gasteiger partial charge in [-0.15, -0.1) is 0 Å². The smallest absolute Gasteiger partial charge is 0.294 e. The maximum Gasteiger partial charge on any atom is 0.294 e. The summed E-state index contributed by atoms with van der Waals surface area (Å²) < 4.78 is 11.6. The predicted octanol–water partition coefficient (Wildman–Crippen LogP) is 5.74. The van der Waals surface area contributed by atoms with Gasteiger partial charge >= 0.3 is 0 Å². The highest BCUT2D eigenvalue weighted by atomic mass is 35.5. The Balaban J connectivity index is 1.33. The van der Waals surface area contributed by atoms with Crippen molar-refractivity contribution in [2.75, 3.05) is 26.7 Å². The lowest BCUT2D eigenvalue weighted by atomic mass is 10.1. The Morgan fingerprint density at radius 2 is 1.84 bits per heavy atom. The van der Waals surface area contributed by atoms with E-state index >= 15 is 0 Å². The number of fused-ring (bicyclic) bond motifs is 1. The van der Waals surface area contributed by atoms with Crippen molar-refractivity contribution in [1.82, 2.24) is 9.80 Å². The van der Waals surface area contributed by atoms with Crippen molar-refractivity contribution in [2.45, 2.75) is 19.4 Å². The minimum Gasteiger partial charge on any atom is -0.493 e. The fourth-order valence-corrected chi connectivity index (χ4v) is 5.63. The number of hydrogen-bond acceptors (Lipinski definition) is 6. The van der Waals surface area contributed by atoms with Gasteiger partial charge in [-0.25, -0.2) is 0 Å². The number of carbonyl (C=O) groups is 3. The summed E-state index contributed by atoms with van der Waals surface area (Å²) >= 11 is 7.37. The molecule has 0 spiro atoms. The lowest BCUT2D eigenvalue weighted by Gasteiger charge is -2.18. The van der Waals surface area contributed by atoms with Gasteiger partial charge in [-0.3, -0.25) is 19.3 Å². The molecule has 0 aliphatic carbocycles. The first-order chi connectivity index (χ1) is 17.9. The monoisotopic (exact) mass is 536 g/mol. The van der Waals surface area contributed by atoms with E-state index in [0.29, 0.717) is 41.8 Å². The third-order valence-corrected chi connectivity index (χ3v) is 7.62. The fraction of sp³-hybridized carbons (Fsp3) is 0.250. The number of likely N-dealkylation sites (tertiary alicyclic amines) is 1. The van der Waals surface area contributed by atoms with Gasteiger partial charge in [-0.05, 0) is 64.7 Å². The highest BCUT2D eigenvalue weighted by Gasteiger charge is 2.37. The van der Waals surface area contributed by atoms with E-state index in [1.165, 1.54) is 7.11 Å². The van der Waals surface area contributed by atoms with Gasteiger partial charge in [-0.2, -0.15) is 0 Å². The Morgan fingerprint density at radius 1 is 1.08 bits per heavy atom. The number of imide groups is 1. The van der Waals surface area contributed by atoms with Gasteiger partial charge < -0.3 is 14.4 Å². The lowest BCUT2D eigenvalue weighted by molar-refractivity contribution is -0.135. The van der Waals surface area contributed by atoms with Gasteiger partial charge in [0.25, 0.3) is 11.1 Å². The first kappa shape index (κ1) is 25.2. The zero-order valence-corrected chi connectivity index (χ0v) is 21.8. The normalized spacial score (nSPS) is 16.8. The lowest BCUT2D eigenvalue weighted by Crippen LogP contribution is -2.40. The second-order valence-corrected chi connectivity index (χ2v) is 10.2. The first-order valence-corrected chi connectivity index (χ1v) is 13.1. The summed E-state index contributed by atoms with van der Waals surface area (Å²) in [4.78, 5) is 40.8. The van der Waals surface area contributed by atoms with Gasteiger partial charge in [0.1, 0.15) is 13.2 Å². The zero-order valence-electron chi connectivity index (χ0n) is 20.2. The van der Waals surface area contributed by atoms with Crippen molar-refractivity contribution >= 4 is 57.3 Å². The molecule has 9 heteroatoms. The van der Waals surface area contributed by atoms with Crippen LogP contribution in [0.15, 0.2) is 59.5 Å². The molecule has 2 saturated heterocycles. The number of nitrogens with zero attached hydrogens (tertiary/aromatic N) is 2. The minimum absolute atomic E-state index is 0.210. The standard InChI is InChI=1S/C28H25ClN2O5S/c1-35-23-14-18(15-24-27(33)31(28(34)37-24)16-25(32)30-11-4-5-12-30)13-22(29)26(23)36-17-20-9-6-8-19-7-2-3-10-21(19)20/h2-3,6-10,13-15H,4-5,11-12,16-17H2,1H3/b24-15-. The van der Waals surface area contributed by atoms with Crippen molar-refractivity contribution < 1.29 is 23.9 Å². The average molecular weight is 537 g/mol. The van der Waals surface area contributed by atoms with Gasteiger partial charge in [0.05, 0.1) is 17.0 Å². The SMILES string of the molecule is COc1cc(/C=C2\SC(=O)N(CC(=O)N3CCCC3)C2=O)cc(Cl)c1OCc1cccc2ccccc12. The van der Waals surface area contributed by atoms with Crippen LogP contribution in [0, 0.1) is 0 Å². The molecular formula is C28H25ClN2O5S. The Kier molecular flexibility index (Phi) is 7.39. The molecule has 2 heterocycles. The number of halogens is 1. The molecule has 0 saturated carbocycles. The number of ether oxygens (including phenoxy) is 2. The molecule has 2 aliphatic rings. The van der Waals surface area contributed by atoms with Crippen molar-refractivity contribution in [3.63, 3.8) is 0 Å². The Morgan fingerprint density at radius 3 is 2.62 bits per heavy atom. The minimum atomic E-state index is -0.492. The first-order valence-electron chi connectivity index (χ1n) is 11.9. The number of hydrogen-bond donors (Lipinski definition) is 0. The molecule has 0 bridgehead atoms. The van der Waals surface area contributed by atoms with Gasteiger partial charge in [0.15, 0.2) is 11.5 Å². The molecule has 0 atom stereocenters. The molecule has 37 heavy (non-hydrogen) atoms. The molecular weight excluding hydrogens is 512 g/mol. The van der Waals surface area contributed by atoms with Crippen LogP contribution in [0.3, 0.4) is 0 Å². The Hall–Kier alpha value is -3.49. The number of amides is 3. The van der Waals surface area contributed by atoms with E-state index in [1.54, 1.807) is 23.1 Å². The number of benzene rings is 3. The topological polar surface area (TPSA) is 76.2 Å². The van der Waals surface area contributed by atoms with Crippen LogP contribution in [-0.2, 0) is 16.2 Å². The molecule has 0 N–H and O–H groups in total. The van der Waals surface area contributed by atoms with Crippen LogP contribution in [-0.4, -0.2) is 53.6 Å². The van der Waals surface area contributed by atoms with Crippen molar-refractivity contribution in [1.29, 1.82) is 0 Å². The van der Waals surface area contributed by atoms with E-state index in [9.17, 15) is 14.4 Å².